The zero-order valence-corrected chi connectivity index (χ0v) is 10.4. The van der Waals surface area contributed by atoms with Gasteiger partial charge in [-0.1, -0.05) is 43.8 Å². The first-order valence-corrected chi connectivity index (χ1v) is 5.51. The summed E-state index contributed by atoms with van der Waals surface area (Å²) in [7, 11) is 0. The molecule has 1 aromatic rings. The second-order valence-electron chi connectivity index (χ2n) is 3.69. The first kappa shape index (κ1) is 11.7. The highest BCUT2D eigenvalue weighted by Crippen LogP contribution is 2.36. The molecular formula is C12H16S2. The molecule has 1 rings (SSSR count). The average molecular weight is 224 g/mol. The molecule has 1 aromatic carbocycles. The Hall–Kier alpha value is -0.340. The van der Waals surface area contributed by atoms with E-state index in [2.05, 4.69) is 63.0 Å². The van der Waals surface area contributed by atoms with Crippen LogP contribution >= 0.6 is 25.3 Å². The van der Waals surface area contributed by atoms with E-state index in [4.69, 9.17) is 0 Å². The Morgan fingerprint density at radius 3 is 2.14 bits per heavy atom. The summed E-state index contributed by atoms with van der Waals surface area (Å²) in [4.78, 5) is 0. The largest absolute Gasteiger partial charge is 0.161 e. The Labute approximate surface area is 97.2 Å². The molecule has 1 unspecified atom stereocenters. The van der Waals surface area contributed by atoms with Crippen molar-refractivity contribution in [3.05, 3.63) is 42.0 Å². The van der Waals surface area contributed by atoms with Crippen molar-refractivity contribution in [2.75, 3.05) is 0 Å². The summed E-state index contributed by atoms with van der Waals surface area (Å²) >= 11 is 8.91. The van der Waals surface area contributed by atoms with E-state index in [0.29, 0.717) is 5.92 Å². The smallest absolute Gasteiger partial charge is 0.0589 e. The SMILES string of the molecule is C=Cc1ccc(C(C)C(C)(S)S)cc1. The van der Waals surface area contributed by atoms with E-state index in [1.807, 2.05) is 13.0 Å². The van der Waals surface area contributed by atoms with Crippen LogP contribution in [0.3, 0.4) is 0 Å². The maximum Gasteiger partial charge on any atom is 0.0589 e. The molecule has 0 aliphatic carbocycles. The van der Waals surface area contributed by atoms with Crippen LogP contribution in [0.25, 0.3) is 6.08 Å². The summed E-state index contributed by atoms with van der Waals surface area (Å²) in [6, 6.07) is 8.33. The standard InChI is InChI=1S/C12H16S2/c1-4-10-5-7-11(8-6-10)9(2)12(3,13)14/h4-9,13-14H,1H2,2-3H3. The summed E-state index contributed by atoms with van der Waals surface area (Å²) < 4.78 is -0.282. The van der Waals surface area contributed by atoms with Gasteiger partial charge in [-0.05, 0) is 18.1 Å². The minimum Gasteiger partial charge on any atom is -0.161 e. The molecule has 0 saturated heterocycles. The Balaban J connectivity index is 2.92. The Bertz CT molecular complexity index is 306. The molecule has 0 bridgehead atoms. The van der Waals surface area contributed by atoms with Crippen LogP contribution in [-0.2, 0) is 0 Å². The molecule has 1 atom stereocenters. The molecule has 0 spiro atoms. The van der Waals surface area contributed by atoms with E-state index in [0.717, 1.165) is 5.56 Å². The Morgan fingerprint density at radius 2 is 1.79 bits per heavy atom. The van der Waals surface area contributed by atoms with Gasteiger partial charge < -0.3 is 0 Å². The highest BCUT2D eigenvalue weighted by atomic mass is 32.2. The van der Waals surface area contributed by atoms with Gasteiger partial charge in [0.1, 0.15) is 0 Å². The first-order chi connectivity index (χ1) is 6.45. The summed E-state index contributed by atoms with van der Waals surface area (Å²) in [5.41, 5.74) is 2.39. The minimum atomic E-state index is -0.282. The molecule has 0 aromatic heterocycles. The van der Waals surface area contributed by atoms with Gasteiger partial charge in [0.15, 0.2) is 0 Å². The van der Waals surface area contributed by atoms with Crippen molar-refractivity contribution in [1.29, 1.82) is 0 Å². The molecule has 0 radical (unpaired) electrons. The van der Waals surface area contributed by atoms with E-state index in [-0.39, 0.29) is 4.08 Å². The van der Waals surface area contributed by atoms with Gasteiger partial charge in [0.2, 0.25) is 0 Å². The van der Waals surface area contributed by atoms with Crippen LogP contribution in [0.4, 0.5) is 0 Å². The number of thiol groups is 2. The van der Waals surface area contributed by atoms with Crippen LogP contribution in [0.15, 0.2) is 30.8 Å². The molecule has 0 aliphatic heterocycles. The fourth-order valence-corrected chi connectivity index (χ4v) is 1.53. The first-order valence-electron chi connectivity index (χ1n) is 4.62. The molecule has 2 heteroatoms. The third-order valence-electron chi connectivity index (χ3n) is 2.49. The van der Waals surface area contributed by atoms with Crippen molar-refractivity contribution in [3.63, 3.8) is 0 Å². The van der Waals surface area contributed by atoms with Crippen molar-refractivity contribution in [2.45, 2.75) is 23.8 Å². The maximum absolute atomic E-state index is 4.45. The number of hydrogen-bond acceptors (Lipinski definition) is 2. The third kappa shape index (κ3) is 2.82. The summed E-state index contributed by atoms with van der Waals surface area (Å²) in [5, 5.41) is 0. The predicted molar refractivity (Wildman–Crippen MR) is 71.3 cm³/mol. The fourth-order valence-electron chi connectivity index (χ4n) is 1.24. The molecule has 0 fully saturated rings. The van der Waals surface area contributed by atoms with Gasteiger partial charge in [0, 0.05) is 5.92 Å². The van der Waals surface area contributed by atoms with E-state index >= 15 is 0 Å². The Kier molecular flexibility index (Phi) is 3.73. The fraction of sp³-hybridized carbons (Fsp3) is 0.333. The van der Waals surface area contributed by atoms with Crippen molar-refractivity contribution >= 4 is 31.3 Å². The average Bonchev–Trinajstić information content (AvgIpc) is 2.15. The zero-order valence-electron chi connectivity index (χ0n) is 8.57. The van der Waals surface area contributed by atoms with Crippen molar-refractivity contribution in [2.24, 2.45) is 0 Å². The van der Waals surface area contributed by atoms with E-state index in [9.17, 15) is 0 Å². The zero-order chi connectivity index (χ0) is 10.8. The molecule has 0 N–H and O–H groups in total. The van der Waals surface area contributed by atoms with Crippen molar-refractivity contribution in [3.8, 4) is 0 Å². The summed E-state index contributed by atoms with van der Waals surface area (Å²) in [5.74, 6) is 0.313. The van der Waals surface area contributed by atoms with Gasteiger partial charge in [-0.25, -0.2) is 0 Å². The predicted octanol–water partition coefficient (Wildman–Crippen LogP) is 4.01. The molecule has 0 saturated carbocycles. The number of benzene rings is 1. The number of rotatable bonds is 3. The van der Waals surface area contributed by atoms with Crippen LogP contribution in [0.2, 0.25) is 0 Å². The lowest BCUT2D eigenvalue weighted by Gasteiger charge is -2.25. The topological polar surface area (TPSA) is 0 Å². The van der Waals surface area contributed by atoms with Gasteiger partial charge in [-0.3, -0.25) is 0 Å². The van der Waals surface area contributed by atoms with Crippen molar-refractivity contribution in [1.82, 2.24) is 0 Å². The van der Waals surface area contributed by atoms with Gasteiger partial charge in [-0.2, -0.15) is 25.3 Å². The Morgan fingerprint density at radius 1 is 1.29 bits per heavy atom. The molecule has 0 aliphatic rings. The van der Waals surface area contributed by atoms with Crippen LogP contribution < -0.4 is 0 Å². The molecule has 0 nitrogen and oxygen atoms in total. The van der Waals surface area contributed by atoms with Gasteiger partial charge in [-0.15, -0.1) is 0 Å². The molecular weight excluding hydrogens is 208 g/mol. The van der Waals surface area contributed by atoms with Crippen molar-refractivity contribution < 1.29 is 0 Å². The number of hydrogen-bond donors (Lipinski definition) is 2. The molecule has 76 valence electrons. The van der Waals surface area contributed by atoms with Gasteiger partial charge in [0.05, 0.1) is 4.08 Å². The summed E-state index contributed by atoms with van der Waals surface area (Å²) in [6.07, 6.45) is 1.84. The monoisotopic (exact) mass is 224 g/mol. The lowest BCUT2D eigenvalue weighted by Crippen LogP contribution is -2.16. The van der Waals surface area contributed by atoms with Crippen LogP contribution in [0, 0.1) is 0 Å². The maximum atomic E-state index is 4.45. The highest BCUT2D eigenvalue weighted by molar-refractivity contribution is 8.00. The van der Waals surface area contributed by atoms with E-state index in [1.165, 1.54) is 5.56 Å². The molecule has 0 amide bonds. The quantitative estimate of drug-likeness (QED) is 0.562. The van der Waals surface area contributed by atoms with Gasteiger partial charge >= 0.3 is 0 Å². The highest BCUT2D eigenvalue weighted by Gasteiger charge is 2.23. The second kappa shape index (κ2) is 4.45. The normalized spacial score (nSPS) is 13.7. The summed E-state index contributed by atoms with van der Waals surface area (Å²) in [6.45, 7) is 7.86. The molecule has 14 heavy (non-hydrogen) atoms. The van der Waals surface area contributed by atoms with Crippen LogP contribution in [-0.4, -0.2) is 4.08 Å². The second-order valence-corrected chi connectivity index (χ2v) is 5.90. The van der Waals surface area contributed by atoms with E-state index < -0.39 is 0 Å². The minimum absolute atomic E-state index is 0.282. The molecule has 0 heterocycles. The van der Waals surface area contributed by atoms with Gasteiger partial charge in [0.25, 0.3) is 0 Å². The van der Waals surface area contributed by atoms with E-state index in [1.54, 1.807) is 0 Å². The van der Waals surface area contributed by atoms with Crippen LogP contribution in [0.5, 0.6) is 0 Å². The third-order valence-corrected chi connectivity index (χ3v) is 3.27. The van der Waals surface area contributed by atoms with Crippen LogP contribution in [0.1, 0.15) is 30.9 Å². The lowest BCUT2D eigenvalue weighted by atomic mass is 9.97. The lowest BCUT2D eigenvalue weighted by molar-refractivity contribution is 0.716.